The zero-order valence-corrected chi connectivity index (χ0v) is 13.6. The van der Waals surface area contributed by atoms with Crippen molar-refractivity contribution in [3.05, 3.63) is 21.7 Å². The van der Waals surface area contributed by atoms with Crippen LogP contribution in [0.2, 0.25) is 10.0 Å². The molecule has 0 spiro atoms. The van der Waals surface area contributed by atoms with Crippen LogP contribution in [0.15, 0.2) is 11.0 Å². The number of benzene rings is 1. The molecule has 0 aliphatic heterocycles. The van der Waals surface area contributed by atoms with Crippen molar-refractivity contribution in [1.29, 1.82) is 0 Å². The van der Waals surface area contributed by atoms with Gasteiger partial charge in [0.1, 0.15) is 0 Å². The predicted molar refractivity (Wildman–Crippen MR) is 80.2 cm³/mol. The molecule has 1 aliphatic rings. The predicted octanol–water partition coefficient (Wildman–Crippen LogP) is 3.97. The zero-order valence-electron chi connectivity index (χ0n) is 10.5. The van der Waals surface area contributed by atoms with Gasteiger partial charge in [-0.15, -0.1) is 0 Å². The third kappa shape index (κ3) is 3.58. The molecule has 0 bridgehead atoms. The van der Waals surface area contributed by atoms with Crippen LogP contribution in [0.4, 0.5) is 5.69 Å². The lowest BCUT2D eigenvalue weighted by Crippen LogP contribution is -2.13. The number of anilines is 1. The summed E-state index contributed by atoms with van der Waals surface area (Å²) in [6.45, 7) is 1.50. The fourth-order valence-electron chi connectivity index (χ4n) is 1.84. The van der Waals surface area contributed by atoms with E-state index in [1.54, 1.807) is 0 Å². The molecule has 8 heteroatoms. The maximum Gasteiger partial charge on any atom is 0.261 e. The van der Waals surface area contributed by atoms with Crippen molar-refractivity contribution in [2.24, 2.45) is 5.92 Å². The highest BCUT2D eigenvalue weighted by Crippen LogP contribution is 2.39. The summed E-state index contributed by atoms with van der Waals surface area (Å²) < 4.78 is 22.8. The number of amides is 1. The summed E-state index contributed by atoms with van der Waals surface area (Å²) in [5.41, 5.74) is 0.480. The van der Waals surface area contributed by atoms with Gasteiger partial charge in [0.25, 0.3) is 9.05 Å². The topological polar surface area (TPSA) is 63.2 Å². The Morgan fingerprint density at radius 2 is 2.00 bits per heavy atom. The first kappa shape index (κ1) is 15.9. The Morgan fingerprint density at radius 3 is 2.50 bits per heavy atom. The number of hydrogen-bond donors (Lipinski definition) is 1. The third-order valence-corrected chi connectivity index (χ3v) is 5.33. The SMILES string of the molecule is Cc1c(S(=O)(=O)Cl)cc(Cl)c(NC(=O)CC2CC2)c1Cl. The van der Waals surface area contributed by atoms with Gasteiger partial charge in [0, 0.05) is 17.1 Å². The molecule has 20 heavy (non-hydrogen) atoms. The maximum atomic E-state index is 11.8. The molecule has 1 N–H and O–H groups in total. The van der Waals surface area contributed by atoms with E-state index in [9.17, 15) is 13.2 Å². The van der Waals surface area contributed by atoms with Gasteiger partial charge in [-0.3, -0.25) is 4.79 Å². The second kappa shape index (κ2) is 5.72. The standard InChI is InChI=1S/C12H12Cl3NO3S/c1-6-9(20(15,18)19)5-8(13)12(11(6)14)16-10(17)4-7-2-3-7/h5,7H,2-4H2,1H3,(H,16,17). The van der Waals surface area contributed by atoms with E-state index in [0.717, 1.165) is 12.8 Å². The average molecular weight is 357 g/mol. The monoisotopic (exact) mass is 355 g/mol. The lowest BCUT2D eigenvalue weighted by molar-refractivity contribution is -0.116. The lowest BCUT2D eigenvalue weighted by Gasteiger charge is -2.13. The van der Waals surface area contributed by atoms with E-state index in [4.69, 9.17) is 33.9 Å². The van der Waals surface area contributed by atoms with Crippen LogP contribution in [0, 0.1) is 12.8 Å². The number of carbonyl (C=O) groups excluding carboxylic acids is 1. The molecule has 1 aliphatic carbocycles. The zero-order chi connectivity index (χ0) is 15.1. The Morgan fingerprint density at radius 1 is 1.40 bits per heavy atom. The minimum absolute atomic E-state index is 0.0453. The van der Waals surface area contributed by atoms with Gasteiger partial charge < -0.3 is 5.32 Å². The summed E-state index contributed by atoms with van der Waals surface area (Å²) in [5.74, 6) is 0.244. The van der Waals surface area contributed by atoms with Crippen molar-refractivity contribution >= 4 is 54.5 Å². The number of rotatable bonds is 4. The molecule has 1 aromatic carbocycles. The van der Waals surface area contributed by atoms with Crippen molar-refractivity contribution in [3.8, 4) is 0 Å². The van der Waals surface area contributed by atoms with Crippen molar-refractivity contribution in [1.82, 2.24) is 0 Å². The van der Waals surface area contributed by atoms with E-state index >= 15 is 0 Å². The van der Waals surface area contributed by atoms with Gasteiger partial charge >= 0.3 is 0 Å². The molecule has 1 aromatic rings. The molecular formula is C12H12Cl3NO3S. The summed E-state index contributed by atoms with van der Waals surface area (Å²) in [4.78, 5) is 11.6. The Kier molecular flexibility index (Phi) is 4.54. The van der Waals surface area contributed by atoms with E-state index in [1.807, 2.05) is 0 Å². The van der Waals surface area contributed by atoms with Crippen LogP contribution in [-0.4, -0.2) is 14.3 Å². The van der Waals surface area contributed by atoms with E-state index in [-0.39, 0.29) is 32.1 Å². The Bertz CT molecular complexity index is 669. The van der Waals surface area contributed by atoms with Crippen LogP contribution in [0.1, 0.15) is 24.8 Å². The van der Waals surface area contributed by atoms with E-state index in [1.165, 1.54) is 13.0 Å². The molecule has 0 saturated heterocycles. The number of hydrogen-bond acceptors (Lipinski definition) is 3. The Balaban J connectivity index is 2.34. The highest BCUT2D eigenvalue weighted by atomic mass is 35.7. The van der Waals surface area contributed by atoms with Gasteiger partial charge in [0.2, 0.25) is 5.91 Å². The molecule has 0 aromatic heterocycles. The quantitative estimate of drug-likeness (QED) is 0.830. The van der Waals surface area contributed by atoms with Gasteiger partial charge in [-0.2, -0.15) is 0 Å². The highest BCUT2D eigenvalue weighted by Gasteiger charge is 2.26. The summed E-state index contributed by atoms with van der Waals surface area (Å²) in [6.07, 6.45) is 2.52. The smallest absolute Gasteiger partial charge is 0.261 e. The van der Waals surface area contributed by atoms with Crippen molar-refractivity contribution in [3.63, 3.8) is 0 Å². The van der Waals surface area contributed by atoms with Crippen LogP contribution in [0.5, 0.6) is 0 Å². The normalized spacial score (nSPS) is 15.2. The van der Waals surface area contributed by atoms with Crippen LogP contribution in [-0.2, 0) is 13.8 Å². The number of carbonyl (C=O) groups is 1. The fraction of sp³-hybridized carbons (Fsp3) is 0.417. The van der Waals surface area contributed by atoms with E-state index < -0.39 is 9.05 Å². The Labute approximate surface area is 131 Å². The first-order valence-electron chi connectivity index (χ1n) is 5.93. The first-order valence-corrected chi connectivity index (χ1v) is 8.99. The molecule has 0 unspecified atom stereocenters. The van der Waals surface area contributed by atoms with Gasteiger partial charge in [-0.05, 0) is 37.3 Å². The van der Waals surface area contributed by atoms with Crippen molar-refractivity contribution in [2.45, 2.75) is 31.1 Å². The van der Waals surface area contributed by atoms with Gasteiger partial charge in [-0.25, -0.2) is 8.42 Å². The minimum atomic E-state index is -3.94. The summed E-state index contributed by atoms with van der Waals surface area (Å²) in [7, 11) is 1.37. The molecule has 0 radical (unpaired) electrons. The minimum Gasteiger partial charge on any atom is -0.324 e. The largest absolute Gasteiger partial charge is 0.324 e. The van der Waals surface area contributed by atoms with Gasteiger partial charge in [0.15, 0.2) is 0 Å². The maximum absolute atomic E-state index is 11.8. The van der Waals surface area contributed by atoms with Gasteiger partial charge in [0.05, 0.1) is 20.6 Å². The first-order chi connectivity index (χ1) is 9.20. The van der Waals surface area contributed by atoms with Crippen LogP contribution < -0.4 is 5.32 Å². The van der Waals surface area contributed by atoms with Crippen LogP contribution in [0.3, 0.4) is 0 Å². The molecule has 110 valence electrons. The summed E-state index contributed by atoms with van der Waals surface area (Å²) in [6, 6.07) is 1.19. The molecule has 0 atom stereocenters. The van der Waals surface area contributed by atoms with Crippen molar-refractivity contribution in [2.75, 3.05) is 5.32 Å². The van der Waals surface area contributed by atoms with Gasteiger partial charge in [-0.1, -0.05) is 23.2 Å². The Hall–Kier alpha value is -0.490. The molecule has 1 fully saturated rings. The van der Waals surface area contributed by atoms with E-state index in [2.05, 4.69) is 5.32 Å². The van der Waals surface area contributed by atoms with E-state index in [0.29, 0.717) is 12.3 Å². The fourth-order valence-corrected chi connectivity index (χ4v) is 3.72. The second-order valence-corrected chi connectivity index (χ2v) is 8.12. The molecule has 1 saturated carbocycles. The molecule has 4 nitrogen and oxygen atoms in total. The molecular weight excluding hydrogens is 345 g/mol. The lowest BCUT2D eigenvalue weighted by atomic mass is 10.2. The van der Waals surface area contributed by atoms with Crippen molar-refractivity contribution < 1.29 is 13.2 Å². The molecule has 2 rings (SSSR count). The second-order valence-electron chi connectivity index (χ2n) is 4.80. The number of nitrogens with one attached hydrogen (secondary N) is 1. The molecule has 0 heterocycles. The average Bonchev–Trinajstić information content (AvgIpc) is 3.11. The highest BCUT2D eigenvalue weighted by molar-refractivity contribution is 8.13. The number of halogens is 3. The molecule has 1 amide bonds. The van der Waals surface area contributed by atoms with Crippen LogP contribution in [0.25, 0.3) is 0 Å². The third-order valence-electron chi connectivity index (χ3n) is 3.11. The summed E-state index contributed by atoms with van der Waals surface area (Å²) >= 11 is 12.1. The summed E-state index contributed by atoms with van der Waals surface area (Å²) in [5, 5.41) is 2.76. The van der Waals surface area contributed by atoms with Crippen LogP contribution >= 0.6 is 33.9 Å².